The molecule has 0 bridgehead atoms. The van der Waals surface area contributed by atoms with E-state index in [1.165, 1.54) is 19.1 Å². The lowest BCUT2D eigenvalue weighted by Crippen LogP contribution is -2.47. The molecule has 0 aliphatic heterocycles. The summed E-state index contributed by atoms with van der Waals surface area (Å²) in [6, 6.07) is 4.50. The van der Waals surface area contributed by atoms with E-state index in [0.29, 0.717) is 5.56 Å². The largest absolute Gasteiger partial charge is 0.381 e. The number of aliphatic hydroxyl groups excluding tert-OH is 1. The Morgan fingerprint density at radius 3 is 2.40 bits per heavy atom. The van der Waals surface area contributed by atoms with Crippen molar-refractivity contribution < 1.29 is 19.9 Å². The fourth-order valence-electron chi connectivity index (χ4n) is 2.29. The summed E-state index contributed by atoms with van der Waals surface area (Å²) in [7, 11) is 0. The van der Waals surface area contributed by atoms with Crippen LogP contribution >= 0.6 is 0 Å². The molecule has 7 N–H and O–H groups in total. The minimum absolute atomic E-state index is 0.104. The maximum absolute atomic E-state index is 12.1. The predicted octanol–water partition coefficient (Wildman–Crippen LogP) is -0.152. The minimum atomic E-state index is -1.09. The lowest BCUT2D eigenvalue weighted by atomic mass is 9.79. The lowest BCUT2D eigenvalue weighted by molar-refractivity contribution is -0.132. The monoisotopic (exact) mass is 343 g/mol. The van der Waals surface area contributed by atoms with Crippen LogP contribution in [0, 0.1) is 23.7 Å². The van der Waals surface area contributed by atoms with Gasteiger partial charge in [-0.3, -0.25) is 14.8 Å². The maximum atomic E-state index is 12.1. The fraction of sp³-hybridized carbons (Fsp3) is 0.333. The second-order valence-corrected chi connectivity index (χ2v) is 6.09. The molecule has 0 spiro atoms. The summed E-state index contributed by atoms with van der Waals surface area (Å²) in [5.41, 5.74) is 12.7. The summed E-state index contributed by atoms with van der Waals surface area (Å²) in [5, 5.41) is 18.1. The Kier molecular flexibility index (Phi) is 6.72. The number of hydrogen-bond donors (Lipinski definition) is 5. The number of amides is 2. The topological polar surface area (TPSA) is 139 Å². The average Bonchev–Trinajstić information content (AvgIpc) is 2.50. The van der Waals surface area contributed by atoms with Crippen LogP contribution < -0.4 is 16.9 Å². The van der Waals surface area contributed by atoms with Crippen LogP contribution in [0.4, 0.5) is 0 Å². The van der Waals surface area contributed by atoms with Gasteiger partial charge in [0, 0.05) is 16.7 Å². The molecule has 7 nitrogen and oxygen atoms in total. The standard InChI is InChI=1S/C18H21N3O4/c1-11(22)6-4-5-7-12-8-9-13(16(19)23)14(10-12)15(17(24)21-25)18(2,3)20/h8-11,15,22,25H,20H2,1-3H3,(H2,19,23)(H,21,24)/t11-,15+/m0/s1. The molecule has 132 valence electrons. The van der Waals surface area contributed by atoms with Crippen LogP contribution in [0.5, 0.6) is 0 Å². The first kappa shape index (κ1) is 20.2. The van der Waals surface area contributed by atoms with E-state index in [1.54, 1.807) is 25.4 Å². The highest BCUT2D eigenvalue weighted by atomic mass is 16.5. The summed E-state index contributed by atoms with van der Waals surface area (Å²) in [6.07, 6.45) is -0.794. The van der Waals surface area contributed by atoms with Crippen LogP contribution in [0.25, 0.3) is 0 Å². The van der Waals surface area contributed by atoms with Crippen molar-refractivity contribution in [2.24, 2.45) is 11.5 Å². The van der Waals surface area contributed by atoms with E-state index in [1.807, 2.05) is 0 Å². The number of benzene rings is 1. The van der Waals surface area contributed by atoms with Gasteiger partial charge in [0.05, 0.1) is 5.92 Å². The van der Waals surface area contributed by atoms with E-state index >= 15 is 0 Å². The van der Waals surface area contributed by atoms with Crippen LogP contribution in [-0.2, 0) is 4.79 Å². The van der Waals surface area contributed by atoms with Crippen molar-refractivity contribution in [2.75, 3.05) is 0 Å². The summed E-state index contributed by atoms with van der Waals surface area (Å²) in [4.78, 5) is 23.8. The van der Waals surface area contributed by atoms with E-state index in [2.05, 4.69) is 23.7 Å². The molecule has 2 amide bonds. The number of rotatable bonds is 4. The molecule has 1 rings (SSSR count). The molecule has 0 radical (unpaired) electrons. The number of nitrogens with one attached hydrogen (secondary N) is 1. The third-order valence-electron chi connectivity index (χ3n) is 3.29. The molecule has 0 saturated heterocycles. The summed E-state index contributed by atoms with van der Waals surface area (Å²) < 4.78 is 0. The van der Waals surface area contributed by atoms with E-state index in [4.69, 9.17) is 21.8 Å². The fourth-order valence-corrected chi connectivity index (χ4v) is 2.29. The average molecular weight is 343 g/mol. The smallest absolute Gasteiger partial charge is 0.252 e. The molecule has 0 saturated carbocycles. The van der Waals surface area contributed by atoms with Crippen LogP contribution in [0.2, 0.25) is 0 Å². The van der Waals surface area contributed by atoms with Gasteiger partial charge in [-0.15, -0.1) is 0 Å². The van der Waals surface area contributed by atoms with Crippen molar-refractivity contribution >= 4 is 11.8 Å². The molecule has 0 aliphatic carbocycles. The van der Waals surface area contributed by atoms with Crippen molar-refractivity contribution in [1.29, 1.82) is 0 Å². The number of primary amides is 1. The molecule has 25 heavy (non-hydrogen) atoms. The number of aliphatic hydroxyl groups is 1. The van der Waals surface area contributed by atoms with Gasteiger partial charge in [-0.25, -0.2) is 5.48 Å². The number of hydrogen-bond acceptors (Lipinski definition) is 5. The number of carbonyl (C=O) groups excluding carboxylic acids is 2. The highest BCUT2D eigenvalue weighted by Gasteiger charge is 2.35. The van der Waals surface area contributed by atoms with E-state index in [-0.39, 0.29) is 11.1 Å². The summed E-state index contributed by atoms with van der Waals surface area (Å²) >= 11 is 0. The van der Waals surface area contributed by atoms with E-state index in [0.717, 1.165) is 0 Å². The molecule has 0 aromatic heterocycles. The normalized spacial score (nSPS) is 12.7. The van der Waals surface area contributed by atoms with Gasteiger partial charge in [0.15, 0.2) is 0 Å². The van der Waals surface area contributed by atoms with Crippen molar-refractivity contribution in [3.63, 3.8) is 0 Å². The van der Waals surface area contributed by atoms with Gasteiger partial charge in [0.25, 0.3) is 5.91 Å². The number of nitrogens with two attached hydrogens (primary N) is 2. The summed E-state index contributed by atoms with van der Waals surface area (Å²) in [6.45, 7) is 4.68. The van der Waals surface area contributed by atoms with Gasteiger partial charge in [-0.2, -0.15) is 0 Å². The third kappa shape index (κ3) is 5.63. The van der Waals surface area contributed by atoms with Gasteiger partial charge >= 0.3 is 0 Å². The zero-order valence-electron chi connectivity index (χ0n) is 14.3. The van der Waals surface area contributed by atoms with Crippen LogP contribution in [0.3, 0.4) is 0 Å². The molecular formula is C18H21N3O4. The first-order valence-electron chi connectivity index (χ1n) is 7.44. The zero-order valence-corrected chi connectivity index (χ0v) is 14.3. The molecule has 1 aromatic carbocycles. The van der Waals surface area contributed by atoms with Crippen molar-refractivity contribution in [2.45, 2.75) is 38.3 Å². The second-order valence-electron chi connectivity index (χ2n) is 6.09. The molecule has 0 unspecified atom stereocenters. The molecule has 0 aliphatic rings. The molecular weight excluding hydrogens is 322 g/mol. The van der Waals surface area contributed by atoms with Crippen LogP contribution in [0.15, 0.2) is 18.2 Å². The molecule has 1 aromatic rings. The van der Waals surface area contributed by atoms with Crippen molar-refractivity contribution in [1.82, 2.24) is 5.48 Å². The highest BCUT2D eigenvalue weighted by molar-refractivity contribution is 5.97. The van der Waals surface area contributed by atoms with Gasteiger partial charge in [0.2, 0.25) is 5.91 Å². The summed E-state index contributed by atoms with van der Waals surface area (Å²) in [5.74, 6) is 7.73. The number of carbonyl (C=O) groups is 2. The highest BCUT2D eigenvalue weighted by Crippen LogP contribution is 2.30. The van der Waals surface area contributed by atoms with Crippen molar-refractivity contribution in [3.05, 3.63) is 34.9 Å². The Morgan fingerprint density at radius 2 is 1.92 bits per heavy atom. The maximum Gasteiger partial charge on any atom is 0.252 e. The van der Waals surface area contributed by atoms with Crippen molar-refractivity contribution in [3.8, 4) is 23.7 Å². The Bertz CT molecular complexity index is 787. The van der Waals surface area contributed by atoms with Gasteiger partial charge in [0.1, 0.15) is 6.10 Å². The SMILES string of the molecule is C[C@H](O)C#CC#Cc1ccc(C(N)=O)c([C@H](C(=O)NO)C(C)(C)N)c1. The van der Waals surface area contributed by atoms with E-state index in [9.17, 15) is 9.59 Å². The first-order chi connectivity index (χ1) is 11.6. The Balaban J connectivity index is 3.49. The quantitative estimate of drug-likeness (QED) is 0.294. The zero-order chi connectivity index (χ0) is 19.2. The second kappa shape index (κ2) is 8.32. The minimum Gasteiger partial charge on any atom is -0.381 e. The van der Waals surface area contributed by atoms with Gasteiger partial charge in [-0.1, -0.05) is 11.8 Å². The van der Waals surface area contributed by atoms with Gasteiger partial charge in [-0.05, 0) is 56.4 Å². The third-order valence-corrected chi connectivity index (χ3v) is 3.29. The van der Waals surface area contributed by atoms with Crippen LogP contribution in [-0.4, -0.2) is 33.8 Å². The van der Waals surface area contributed by atoms with Gasteiger partial charge < -0.3 is 16.6 Å². The number of hydroxylamine groups is 1. The molecule has 0 heterocycles. The van der Waals surface area contributed by atoms with Crippen LogP contribution in [0.1, 0.15) is 48.2 Å². The Morgan fingerprint density at radius 1 is 1.28 bits per heavy atom. The molecule has 2 atom stereocenters. The molecule has 7 heteroatoms. The lowest BCUT2D eigenvalue weighted by Gasteiger charge is -2.30. The Hall–Kier alpha value is -2.84. The predicted molar refractivity (Wildman–Crippen MR) is 92.2 cm³/mol. The molecule has 0 fully saturated rings. The first-order valence-corrected chi connectivity index (χ1v) is 7.44. The van der Waals surface area contributed by atoms with E-state index < -0.39 is 29.4 Å². The Labute approximate surface area is 146 Å².